The van der Waals surface area contributed by atoms with Crippen molar-refractivity contribution in [2.45, 2.75) is 69.1 Å². The topological polar surface area (TPSA) is 162 Å². The van der Waals surface area contributed by atoms with Crippen molar-refractivity contribution in [3.8, 4) is 23.0 Å². The second-order valence-electron chi connectivity index (χ2n) is 14.8. The second kappa shape index (κ2) is 18.8. The van der Waals surface area contributed by atoms with Crippen molar-refractivity contribution in [3.63, 3.8) is 0 Å². The Morgan fingerprint density at radius 3 is 2.47 bits per heavy atom. The molecule has 13 nitrogen and oxygen atoms in total. The van der Waals surface area contributed by atoms with E-state index in [0.29, 0.717) is 41.6 Å². The van der Waals surface area contributed by atoms with Crippen LogP contribution in [0.15, 0.2) is 96.2 Å². The first kappa shape index (κ1) is 41.4. The van der Waals surface area contributed by atoms with Gasteiger partial charge in [0.2, 0.25) is 11.7 Å². The first-order chi connectivity index (χ1) is 27.7. The smallest absolute Gasteiger partial charge is 0.273 e. The van der Waals surface area contributed by atoms with E-state index in [1.807, 2.05) is 36.4 Å². The van der Waals surface area contributed by atoms with Crippen molar-refractivity contribution in [2.75, 3.05) is 41.1 Å². The molecule has 0 spiro atoms. The summed E-state index contributed by atoms with van der Waals surface area (Å²) in [5, 5.41) is 35.8. The lowest BCUT2D eigenvalue weighted by molar-refractivity contribution is -0.384. The number of amides is 1. The van der Waals surface area contributed by atoms with Crippen LogP contribution in [0, 0.1) is 27.9 Å². The first-order valence-electron chi connectivity index (χ1n) is 19.6. The van der Waals surface area contributed by atoms with Crippen molar-refractivity contribution >= 4 is 17.3 Å². The number of nitro groups is 1. The minimum atomic E-state index is -1.39. The van der Waals surface area contributed by atoms with Crippen LogP contribution in [0.4, 0.5) is 5.69 Å². The van der Waals surface area contributed by atoms with Gasteiger partial charge in [-0.2, -0.15) is 0 Å². The summed E-state index contributed by atoms with van der Waals surface area (Å²) in [6, 6.07) is 18.4. The fourth-order valence-corrected chi connectivity index (χ4v) is 8.95. The van der Waals surface area contributed by atoms with Gasteiger partial charge in [-0.05, 0) is 85.1 Å². The van der Waals surface area contributed by atoms with Crippen molar-refractivity contribution in [1.82, 2.24) is 4.90 Å². The molecule has 0 radical (unpaired) electrons. The maximum Gasteiger partial charge on any atom is 0.273 e. The number of aliphatic hydroxyl groups excluding tert-OH is 2. The third kappa shape index (κ3) is 8.85. The van der Waals surface area contributed by atoms with Gasteiger partial charge >= 0.3 is 0 Å². The van der Waals surface area contributed by atoms with Crippen LogP contribution in [-0.2, 0) is 20.8 Å². The molecule has 1 amide bonds. The molecule has 13 heteroatoms. The van der Waals surface area contributed by atoms with Gasteiger partial charge in [-0.3, -0.25) is 14.9 Å². The molecular formula is C44H53N3O10. The monoisotopic (exact) mass is 783 g/mol. The highest BCUT2D eigenvalue weighted by Crippen LogP contribution is 2.62. The quantitative estimate of drug-likeness (QED) is 0.0544. The van der Waals surface area contributed by atoms with Gasteiger partial charge in [-0.15, -0.1) is 6.58 Å². The number of carbonyl (C=O) groups excluding carboxylic acids is 1. The molecule has 1 heterocycles. The van der Waals surface area contributed by atoms with Crippen LogP contribution in [-0.4, -0.2) is 84.6 Å². The number of benzene rings is 3. The maximum atomic E-state index is 14.3. The summed E-state index contributed by atoms with van der Waals surface area (Å²) in [6.07, 6.45) is 8.78. The van der Waals surface area contributed by atoms with Gasteiger partial charge in [0.05, 0.1) is 42.8 Å². The molecule has 0 saturated heterocycles. The zero-order valence-corrected chi connectivity index (χ0v) is 32.9. The number of non-ortho nitro benzene ring substituents is 1. The number of nitrogens with zero attached hydrogens (tertiary/aromatic N) is 3. The van der Waals surface area contributed by atoms with E-state index in [2.05, 4.69) is 17.8 Å². The summed E-state index contributed by atoms with van der Waals surface area (Å²) < 4.78 is 25.8. The lowest BCUT2D eigenvalue weighted by Crippen LogP contribution is -2.69. The number of hydrogen-bond acceptors (Lipinski definition) is 11. The van der Waals surface area contributed by atoms with Gasteiger partial charge in [0.25, 0.3) is 5.69 Å². The van der Waals surface area contributed by atoms with Gasteiger partial charge in [0.1, 0.15) is 36.1 Å². The van der Waals surface area contributed by atoms with Crippen molar-refractivity contribution < 1.29 is 43.7 Å². The van der Waals surface area contributed by atoms with E-state index in [1.165, 1.54) is 19.2 Å². The second-order valence-corrected chi connectivity index (χ2v) is 14.8. The summed E-state index contributed by atoms with van der Waals surface area (Å²) in [5.74, 6) is -0.180. The normalized spacial score (nSPS) is 24.0. The van der Waals surface area contributed by atoms with Crippen LogP contribution in [0.5, 0.6) is 23.0 Å². The fraction of sp³-hybridized carbons (Fsp3) is 0.455. The standard InChI is InChI=1S/C44H53N3O10/c1-5-22-55-44-40(46(2)41(50)24-29-12-10-15-32(23-29)53-3)28-38(45-54-4)36-25-30(13-6-8-20-48)35(17-7-9-21-49)42(43(36)44)37-27-34(18-19-39(37)57-44)56-33-16-11-14-31(26-33)47(51)52/h5,10-12,14-16,18-19,23,25-27,30,35,40,42-43,48-49H,1,6-9,13,17,20-22,24,28H2,2-4H3/t30-,35+,40-,42+,43+,44+/m0/s1. The van der Waals surface area contributed by atoms with E-state index in [-0.39, 0.29) is 62.0 Å². The van der Waals surface area contributed by atoms with E-state index >= 15 is 0 Å². The number of rotatable bonds is 19. The van der Waals surface area contributed by atoms with Crippen LogP contribution in [0.1, 0.15) is 62.0 Å². The largest absolute Gasteiger partial charge is 0.497 e. The molecule has 1 saturated carbocycles. The SMILES string of the molecule is C=CCO[C@@]12Oc3ccc(Oc4cccc([N+](=O)[O-])c4)cc3[C@H]3[C@H](CCCCO)[C@@H](CCCCO)C=C(C(=NOC)C[C@@H]1N(C)C(=O)Cc1cccc(OC)c1)[C@H]32. The Labute approximate surface area is 333 Å². The maximum absolute atomic E-state index is 14.3. The van der Waals surface area contributed by atoms with E-state index in [1.54, 1.807) is 43.3 Å². The molecule has 0 bridgehead atoms. The summed E-state index contributed by atoms with van der Waals surface area (Å²) in [4.78, 5) is 32.7. The van der Waals surface area contributed by atoms with Gasteiger partial charge < -0.3 is 38.9 Å². The van der Waals surface area contributed by atoms with Crippen LogP contribution < -0.4 is 14.2 Å². The number of oxime groups is 1. The third-order valence-electron chi connectivity index (χ3n) is 11.5. The molecular weight excluding hydrogens is 730 g/mol. The van der Waals surface area contributed by atoms with Gasteiger partial charge in [0, 0.05) is 44.2 Å². The minimum absolute atomic E-state index is 0.0201. The summed E-state index contributed by atoms with van der Waals surface area (Å²) in [7, 11) is 4.87. The number of methoxy groups -OCH3 is 1. The number of ether oxygens (including phenoxy) is 4. The highest BCUT2D eigenvalue weighted by molar-refractivity contribution is 6.03. The van der Waals surface area contributed by atoms with Crippen LogP contribution in [0.25, 0.3) is 0 Å². The number of likely N-dealkylation sites (N-methyl/N-ethyl adjacent to an activating group) is 1. The molecule has 3 aromatic rings. The Hall–Kier alpha value is -5.24. The molecule has 3 aromatic carbocycles. The van der Waals surface area contributed by atoms with E-state index in [0.717, 1.165) is 42.4 Å². The number of allylic oxidation sites excluding steroid dienone is 1. The number of hydrogen-bond donors (Lipinski definition) is 2. The van der Waals surface area contributed by atoms with Gasteiger partial charge in [-0.1, -0.05) is 48.3 Å². The molecule has 2 N–H and O–H groups in total. The third-order valence-corrected chi connectivity index (χ3v) is 11.5. The Morgan fingerprint density at radius 1 is 1.02 bits per heavy atom. The van der Waals surface area contributed by atoms with Crippen LogP contribution in [0.3, 0.4) is 0 Å². The average Bonchev–Trinajstić information content (AvgIpc) is 3.21. The van der Waals surface area contributed by atoms with Crippen LogP contribution >= 0.6 is 0 Å². The Bertz CT molecular complexity index is 1970. The number of unbranched alkanes of at least 4 members (excludes halogenated alkanes) is 2. The summed E-state index contributed by atoms with van der Waals surface area (Å²) >= 11 is 0. The minimum Gasteiger partial charge on any atom is -0.497 e. The summed E-state index contributed by atoms with van der Waals surface area (Å²) in [5.41, 5.74) is 3.19. The molecule has 304 valence electrons. The van der Waals surface area contributed by atoms with E-state index in [9.17, 15) is 25.1 Å². The number of nitro benzene ring substituents is 1. The lowest BCUT2D eigenvalue weighted by atomic mass is 9.55. The van der Waals surface area contributed by atoms with Crippen molar-refractivity contribution in [2.24, 2.45) is 22.9 Å². The Kier molecular flexibility index (Phi) is 13.7. The molecule has 6 rings (SSSR count). The van der Waals surface area contributed by atoms with Gasteiger partial charge in [0.15, 0.2) is 0 Å². The lowest BCUT2D eigenvalue weighted by Gasteiger charge is -2.59. The van der Waals surface area contributed by atoms with Crippen LogP contribution in [0.2, 0.25) is 0 Å². The van der Waals surface area contributed by atoms with E-state index < -0.39 is 22.7 Å². The molecule has 57 heavy (non-hydrogen) atoms. The predicted molar refractivity (Wildman–Crippen MR) is 215 cm³/mol. The van der Waals surface area contributed by atoms with Crippen molar-refractivity contribution in [1.29, 1.82) is 0 Å². The molecule has 1 aliphatic heterocycles. The zero-order valence-electron chi connectivity index (χ0n) is 32.9. The molecule has 2 aliphatic carbocycles. The molecule has 0 unspecified atom stereocenters. The molecule has 0 aromatic heterocycles. The zero-order chi connectivity index (χ0) is 40.5. The van der Waals surface area contributed by atoms with Crippen molar-refractivity contribution in [3.05, 3.63) is 112 Å². The highest BCUT2D eigenvalue weighted by Gasteiger charge is 2.65. The number of aliphatic hydroxyl groups is 2. The molecule has 3 aliphatic rings. The Morgan fingerprint density at radius 2 is 1.75 bits per heavy atom. The summed E-state index contributed by atoms with van der Waals surface area (Å²) in [6.45, 7) is 4.27. The number of carbonyl (C=O) groups is 1. The van der Waals surface area contributed by atoms with Gasteiger partial charge in [-0.25, -0.2) is 0 Å². The fourth-order valence-electron chi connectivity index (χ4n) is 8.95. The molecule has 1 fully saturated rings. The van der Waals surface area contributed by atoms with E-state index in [4.69, 9.17) is 23.8 Å². The first-order valence-corrected chi connectivity index (χ1v) is 19.6. The Balaban J connectivity index is 1.52. The highest BCUT2D eigenvalue weighted by atomic mass is 16.7. The predicted octanol–water partition coefficient (Wildman–Crippen LogP) is 7.36. The average molecular weight is 784 g/mol. The molecule has 6 atom stereocenters. The number of fused-ring (bicyclic) bond motifs is 2.